The molecule has 0 aliphatic carbocycles. The number of hydrogen-bond acceptors (Lipinski definition) is 5. The number of likely N-dealkylation sites (tertiary alicyclic amines) is 1. The van der Waals surface area contributed by atoms with E-state index >= 15 is 0 Å². The fourth-order valence-electron chi connectivity index (χ4n) is 4.18. The van der Waals surface area contributed by atoms with Crippen LogP contribution in [0.4, 0.5) is 10.5 Å². The number of hydrogen-bond donors (Lipinski definition) is 1. The highest BCUT2D eigenvalue weighted by molar-refractivity contribution is 5.70. The molecule has 3 heterocycles. The number of nitrogens with one attached hydrogen (secondary N) is 1. The van der Waals surface area contributed by atoms with Gasteiger partial charge >= 0.3 is 6.09 Å². The van der Waals surface area contributed by atoms with Gasteiger partial charge in [0.2, 0.25) is 0 Å². The van der Waals surface area contributed by atoms with Gasteiger partial charge in [-0.05, 0) is 63.4 Å². The molecule has 174 valence electrons. The zero-order chi connectivity index (χ0) is 23.6. The Hall–Kier alpha value is -3.35. The van der Waals surface area contributed by atoms with Gasteiger partial charge in [-0.2, -0.15) is 0 Å². The van der Waals surface area contributed by atoms with E-state index in [1.165, 1.54) is 0 Å². The van der Waals surface area contributed by atoms with Gasteiger partial charge < -0.3 is 15.0 Å². The van der Waals surface area contributed by atoms with Crippen LogP contribution in [-0.4, -0.2) is 45.1 Å². The van der Waals surface area contributed by atoms with Crippen LogP contribution in [0.15, 0.2) is 53.5 Å². The van der Waals surface area contributed by atoms with Crippen LogP contribution in [0.5, 0.6) is 0 Å². The fraction of sp³-hybridized carbons (Fsp3) is 0.423. The summed E-state index contributed by atoms with van der Waals surface area (Å²) < 4.78 is 7.08. The molecule has 33 heavy (non-hydrogen) atoms. The van der Waals surface area contributed by atoms with E-state index in [0.29, 0.717) is 24.3 Å². The summed E-state index contributed by atoms with van der Waals surface area (Å²) in [6.07, 6.45) is 4.01. The molecule has 0 spiro atoms. The third-order valence-electron chi connectivity index (χ3n) is 5.68. The van der Waals surface area contributed by atoms with Crippen molar-refractivity contribution in [2.45, 2.75) is 58.6 Å². The van der Waals surface area contributed by atoms with Crippen LogP contribution in [0.1, 0.15) is 46.2 Å². The molecule has 1 fully saturated rings. The molecule has 1 atom stereocenters. The first-order valence-electron chi connectivity index (χ1n) is 11.6. The standard InChI is InChI=1S/C26H32N4O3/c1-5-8-21-23(24(31)30-15-7-6-9-22(30)28-21)18-10-12-19(13-11-18)27-20-14-16-29(17-20)25(32)33-26(2,3)4/h6-7,9-13,15,20,27H,5,8,14,16-17H2,1-4H3/t20-/m1/s1. The molecule has 1 aromatic carbocycles. The molecule has 1 aliphatic rings. The molecule has 1 amide bonds. The number of carbonyl (C=O) groups is 1. The lowest BCUT2D eigenvalue weighted by Crippen LogP contribution is -2.36. The van der Waals surface area contributed by atoms with Crippen molar-refractivity contribution in [1.29, 1.82) is 0 Å². The van der Waals surface area contributed by atoms with E-state index in [9.17, 15) is 9.59 Å². The largest absolute Gasteiger partial charge is 0.444 e. The molecule has 4 rings (SSSR count). The normalized spacial score (nSPS) is 16.2. The highest BCUT2D eigenvalue weighted by Crippen LogP contribution is 2.24. The number of amides is 1. The molecule has 7 nitrogen and oxygen atoms in total. The lowest BCUT2D eigenvalue weighted by atomic mass is 10.0. The lowest BCUT2D eigenvalue weighted by molar-refractivity contribution is 0.0293. The number of ether oxygens (including phenoxy) is 1. The maximum absolute atomic E-state index is 13.2. The maximum Gasteiger partial charge on any atom is 0.410 e. The summed E-state index contributed by atoms with van der Waals surface area (Å²) >= 11 is 0. The number of anilines is 1. The van der Waals surface area contributed by atoms with Crippen molar-refractivity contribution >= 4 is 17.4 Å². The zero-order valence-electron chi connectivity index (χ0n) is 19.8. The number of fused-ring (bicyclic) bond motifs is 1. The molecule has 3 aromatic rings. The van der Waals surface area contributed by atoms with E-state index in [4.69, 9.17) is 9.72 Å². The molecule has 0 saturated carbocycles. The number of nitrogens with zero attached hydrogens (tertiary/aromatic N) is 3. The Morgan fingerprint density at radius 3 is 2.64 bits per heavy atom. The minimum atomic E-state index is -0.495. The lowest BCUT2D eigenvalue weighted by Gasteiger charge is -2.24. The van der Waals surface area contributed by atoms with E-state index in [1.807, 2.05) is 63.2 Å². The van der Waals surface area contributed by atoms with Crippen LogP contribution in [0.2, 0.25) is 0 Å². The first kappa shape index (κ1) is 22.8. The monoisotopic (exact) mass is 448 g/mol. The predicted molar refractivity (Wildman–Crippen MR) is 131 cm³/mol. The quantitative estimate of drug-likeness (QED) is 0.610. The Bertz CT molecular complexity index is 1190. The highest BCUT2D eigenvalue weighted by atomic mass is 16.6. The number of rotatable bonds is 5. The number of pyridine rings is 1. The number of benzene rings is 1. The Balaban J connectivity index is 1.51. The smallest absolute Gasteiger partial charge is 0.410 e. The Morgan fingerprint density at radius 2 is 1.94 bits per heavy atom. The Labute approximate surface area is 194 Å². The van der Waals surface area contributed by atoms with E-state index in [0.717, 1.165) is 36.2 Å². The van der Waals surface area contributed by atoms with E-state index in [2.05, 4.69) is 12.2 Å². The highest BCUT2D eigenvalue weighted by Gasteiger charge is 2.29. The van der Waals surface area contributed by atoms with Crippen LogP contribution in [0, 0.1) is 0 Å². The molecule has 7 heteroatoms. The van der Waals surface area contributed by atoms with Crippen molar-refractivity contribution in [2.75, 3.05) is 18.4 Å². The van der Waals surface area contributed by atoms with Gasteiger partial charge in [-0.25, -0.2) is 9.78 Å². The van der Waals surface area contributed by atoms with Crippen LogP contribution >= 0.6 is 0 Å². The minimum absolute atomic E-state index is 0.0476. The topological polar surface area (TPSA) is 75.9 Å². The third kappa shape index (κ3) is 5.18. The van der Waals surface area contributed by atoms with Crippen molar-refractivity contribution in [2.24, 2.45) is 0 Å². The van der Waals surface area contributed by atoms with Crippen molar-refractivity contribution in [3.63, 3.8) is 0 Å². The van der Waals surface area contributed by atoms with Crippen LogP contribution in [0.3, 0.4) is 0 Å². The van der Waals surface area contributed by atoms with Gasteiger partial charge in [0.15, 0.2) is 0 Å². The Morgan fingerprint density at radius 1 is 1.18 bits per heavy atom. The Kier molecular flexibility index (Phi) is 6.40. The summed E-state index contributed by atoms with van der Waals surface area (Å²) in [5.41, 5.74) is 3.44. The summed E-state index contributed by atoms with van der Waals surface area (Å²) in [6.45, 7) is 8.99. The second-order valence-corrected chi connectivity index (χ2v) is 9.55. The minimum Gasteiger partial charge on any atom is -0.444 e. The van der Waals surface area contributed by atoms with Gasteiger partial charge in [0.1, 0.15) is 11.2 Å². The van der Waals surface area contributed by atoms with Crippen molar-refractivity contribution in [3.05, 3.63) is 64.7 Å². The average Bonchev–Trinajstić information content (AvgIpc) is 3.23. The molecular formula is C26H32N4O3. The second kappa shape index (κ2) is 9.25. The summed E-state index contributed by atoms with van der Waals surface area (Å²) in [4.78, 5) is 32.1. The summed E-state index contributed by atoms with van der Waals surface area (Å²) in [6, 6.07) is 13.7. The summed E-state index contributed by atoms with van der Waals surface area (Å²) in [5, 5.41) is 3.50. The van der Waals surface area contributed by atoms with Crippen molar-refractivity contribution < 1.29 is 9.53 Å². The zero-order valence-corrected chi connectivity index (χ0v) is 19.8. The molecule has 2 aromatic heterocycles. The van der Waals surface area contributed by atoms with Crippen molar-refractivity contribution in [3.8, 4) is 11.1 Å². The molecule has 0 radical (unpaired) electrons. The number of carbonyl (C=O) groups excluding carboxylic acids is 1. The molecule has 1 aliphatic heterocycles. The SMILES string of the molecule is CCCc1nc2ccccn2c(=O)c1-c1ccc(N[C@@H]2CCN(C(=O)OC(C)(C)C)C2)cc1. The van der Waals surface area contributed by atoms with Gasteiger partial charge in [0.25, 0.3) is 5.56 Å². The molecule has 0 unspecified atom stereocenters. The summed E-state index contributed by atoms with van der Waals surface area (Å²) in [5.74, 6) is 0. The molecule has 1 saturated heterocycles. The van der Waals surface area contributed by atoms with Crippen LogP contribution in [-0.2, 0) is 11.2 Å². The first-order chi connectivity index (χ1) is 15.7. The van der Waals surface area contributed by atoms with Gasteiger partial charge in [-0.1, -0.05) is 31.5 Å². The van der Waals surface area contributed by atoms with Gasteiger partial charge in [0, 0.05) is 31.0 Å². The van der Waals surface area contributed by atoms with Gasteiger partial charge in [0.05, 0.1) is 11.3 Å². The van der Waals surface area contributed by atoms with Crippen LogP contribution in [0.25, 0.3) is 16.8 Å². The van der Waals surface area contributed by atoms with Crippen molar-refractivity contribution in [1.82, 2.24) is 14.3 Å². The number of aryl methyl sites for hydroxylation is 1. The van der Waals surface area contributed by atoms with Gasteiger partial charge in [-0.15, -0.1) is 0 Å². The molecule has 1 N–H and O–H groups in total. The van der Waals surface area contributed by atoms with Gasteiger partial charge in [-0.3, -0.25) is 9.20 Å². The van der Waals surface area contributed by atoms with E-state index in [-0.39, 0.29) is 17.7 Å². The average molecular weight is 449 g/mol. The number of aromatic nitrogens is 2. The summed E-state index contributed by atoms with van der Waals surface area (Å²) in [7, 11) is 0. The first-order valence-corrected chi connectivity index (χ1v) is 11.6. The predicted octanol–water partition coefficient (Wildman–Crippen LogP) is 4.74. The maximum atomic E-state index is 13.2. The molecule has 0 bridgehead atoms. The van der Waals surface area contributed by atoms with E-state index < -0.39 is 5.60 Å². The van der Waals surface area contributed by atoms with E-state index in [1.54, 1.807) is 15.5 Å². The van der Waals surface area contributed by atoms with Crippen LogP contribution < -0.4 is 10.9 Å². The third-order valence-corrected chi connectivity index (χ3v) is 5.68. The second-order valence-electron chi connectivity index (χ2n) is 9.55. The fourth-order valence-corrected chi connectivity index (χ4v) is 4.18. The molecular weight excluding hydrogens is 416 g/mol.